The Morgan fingerprint density at radius 3 is 2.68 bits per heavy atom. The first-order valence-corrected chi connectivity index (χ1v) is 11.9. The molecule has 178 valence electrons. The summed E-state index contributed by atoms with van der Waals surface area (Å²) in [6, 6.07) is 12.7. The van der Waals surface area contributed by atoms with E-state index in [0.29, 0.717) is 47.4 Å². The van der Waals surface area contributed by atoms with Gasteiger partial charge in [0.1, 0.15) is 23.7 Å². The van der Waals surface area contributed by atoms with Crippen molar-refractivity contribution in [1.82, 2.24) is 4.90 Å². The van der Waals surface area contributed by atoms with Crippen LogP contribution in [0, 0.1) is 0 Å². The molecular weight excluding hydrogens is 430 g/mol. The van der Waals surface area contributed by atoms with Crippen molar-refractivity contribution in [3.05, 3.63) is 75.1 Å². The highest BCUT2D eigenvalue weighted by atomic mass is 16.5. The first-order valence-electron chi connectivity index (χ1n) is 11.9. The Bertz CT molecular complexity index is 1270. The van der Waals surface area contributed by atoms with E-state index in [9.17, 15) is 9.59 Å². The number of benzene rings is 2. The van der Waals surface area contributed by atoms with Gasteiger partial charge in [-0.15, -0.1) is 0 Å². The first kappa shape index (κ1) is 23.8. The summed E-state index contributed by atoms with van der Waals surface area (Å²) in [5, 5.41) is 0.412. The molecule has 0 N–H and O–H groups in total. The smallest absolute Gasteiger partial charge is 0.338 e. The summed E-state index contributed by atoms with van der Waals surface area (Å²) in [5.41, 5.74) is 3.32. The van der Waals surface area contributed by atoms with E-state index in [4.69, 9.17) is 13.9 Å². The van der Waals surface area contributed by atoms with Gasteiger partial charge < -0.3 is 18.8 Å². The monoisotopic (exact) mass is 461 g/mol. The summed E-state index contributed by atoms with van der Waals surface area (Å²) in [6.07, 6.45) is 4.36. The maximum atomic E-state index is 13.4. The topological polar surface area (TPSA) is 69.0 Å². The molecule has 34 heavy (non-hydrogen) atoms. The third-order valence-electron chi connectivity index (χ3n) is 6.39. The summed E-state index contributed by atoms with van der Waals surface area (Å²) in [5.74, 6) is 0.974. The van der Waals surface area contributed by atoms with Gasteiger partial charge in [-0.3, -0.25) is 4.79 Å². The third-order valence-corrected chi connectivity index (χ3v) is 6.39. The van der Waals surface area contributed by atoms with E-state index in [1.165, 1.54) is 0 Å². The van der Waals surface area contributed by atoms with Crippen LogP contribution in [0.4, 0.5) is 0 Å². The van der Waals surface area contributed by atoms with Crippen LogP contribution in [-0.2, 0) is 11.2 Å². The minimum Gasteiger partial charge on any atom is -0.496 e. The number of esters is 1. The SMILES string of the molecule is CCN(CC)CCOC(=O)c1ccc2oc3c(c(=O)c2c1)CCCC3=Cc1ccccc1OC. The van der Waals surface area contributed by atoms with Crippen molar-refractivity contribution in [3.63, 3.8) is 0 Å². The van der Waals surface area contributed by atoms with Crippen LogP contribution < -0.4 is 10.2 Å². The van der Waals surface area contributed by atoms with E-state index in [0.717, 1.165) is 42.8 Å². The third kappa shape index (κ3) is 4.92. The first-order chi connectivity index (χ1) is 16.5. The Morgan fingerprint density at radius 2 is 1.91 bits per heavy atom. The highest BCUT2D eigenvalue weighted by Crippen LogP contribution is 2.34. The largest absolute Gasteiger partial charge is 0.496 e. The molecule has 1 heterocycles. The Labute approximate surface area is 199 Å². The zero-order chi connectivity index (χ0) is 24.1. The number of hydrogen-bond donors (Lipinski definition) is 0. The van der Waals surface area contributed by atoms with Crippen LogP contribution in [0.5, 0.6) is 5.75 Å². The van der Waals surface area contributed by atoms with Gasteiger partial charge in [-0.05, 0) is 68.3 Å². The molecule has 1 aliphatic carbocycles. The number of nitrogens with zero attached hydrogens (tertiary/aromatic N) is 1. The number of hydrogen-bond acceptors (Lipinski definition) is 6. The summed E-state index contributed by atoms with van der Waals surface area (Å²) in [6.45, 7) is 6.96. The van der Waals surface area contributed by atoms with E-state index < -0.39 is 5.97 Å². The molecule has 0 aliphatic heterocycles. The van der Waals surface area contributed by atoms with Crippen molar-refractivity contribution in [1.29, 1.82) is 0 Å². The fourth-order valence-corrected chi connectivity index (χ4v) is 4.42. The molecule has 0 bridgehead atoms. The molecule has 0 amide bonds. The standard InChI is InChI=1S/C28H31NO5/c1-4-29(5-2)15-16-33-28(31)21-13-14-25-23(18-21)26(30)22-11-8-10-20(27(22)34-25)17-19-9-6-7-12-24(19)32-3/h6-7,9,12-14,17-18H,4-5,8,10-11,15-16H2,1-3H3. The summed E-state index contributed by atoms with van der Waals surface area (Å²) in [7, 11) is 1.64. The number of para-hydroxylation sites is 1. The molecule has 0 saturated carbocycles. The summed E-state index contributed by atoms with van der Waals surface area (Å²) >= 11 is 0. The highest BCUT2D eigenvalue weighted by Gasteiger charge is 2.23. The van der Waals surface area contributed by atoms with E-state index in [2.05, 4.69) is 18.7 Å². The van der Waals surface area contributed by atoms with Crippen LogP contribution in [-0.4, -0.2) is 44.2 Å². The maximum Gasteiger partial charge on any atom is 0.338 e. The maximum absolute atomic E-state index is 13.4. The molecule has 0 unspecified atom stereocenters. The average molecular weight is 462 g/mol. The zero-order valence-electron chi connectivity index (χ0n) is 20.1. The number of methoxy groups -OCH3 is 1. The Kier molecular flexibility index (Phi) is 7.48. The number of fused-ring (bicyclic) bond motifs is 2. The predicted octanol–water partition coefficient (Wildman–Crippen LogP) is 5.18. The summed E-state index contributed by atoms with van der Waals surface area (Å²) in [4.78, 5) is 28.1. The van der Waals surface area contributed by atoms with E-state index >= 15 is 0 Å². The molecule has 3 aromatic rings. The zero-order valence-corrected chi connectivity index (χ0v) is 20.1. The van der Waals surface area contributed by atoms with Crippen molar-refractivity contribution in [3.8, 4) is 5.75 Å². The minimum atomic E-state index is -0.428. The lowest BCUT2D eigenvalue weighted by Crippen LogP contribution is -2.27. The van der Waals surface area contributed by atoms with Crippen molar-refractivity contribution in [2.45, 2.75) is 33.1 Å². The van der Waals surface area contributed by atoms with Crippen LogP contribution >= 0.6 is 0 Å². The van der Waals surface area contributed by atoms with Crippen molar-refractivity contribution in [2.24, 2.45) is 0 Å². The average Bonchev–Trinajstić information content (AvgIpc) is 2.87. The molecule has 1 aliphatic rings. The second-order valence-electron chi connectivity index (χ2n) is 8.38. The lowest BCUT2D eigenvalue weighted by atomic mass is 9.90. The molecule has 6 heteroatoms. The molecule has 4 rings (SSSR count). The summed E-state index contributed by atoms with van der Waals surface area (Å²) < 4.78 is 17.1. The number of ether oxygens (including phenoxy) is 2. The van der Waals surface area contributed by atoms with Gasteiger partial charge in [0.15, 0.2) is 5.43 Å². The Morgan fingerprint density at radius 1 is 1.12 bits per heavy atom. The van der Waals surface area contributed by atoms with Crippen LogP contribution in [0.1, 0.15) is 53.9 Å². The number of rotatable bonds is 8. The van der Waals surface area contributed by atoms with Crippen molar-refractivity contribution >= 4 is 28.6 Å². The second-order valence-corrected chi connectivity index (χ2v) is 8.38. The molecule has 0 fully saturated rings. The highest BCUT2D eigenvalue weighted by molar-refractivity contribution is 5.95. The van der Waals surface area contributed by atoms with Crippen LogP contribution in [0.15, 0.2) is 51.7 Å². The lowest BCUT2D eigenvalue weighted by molar-refractivity contribution is 0.0466. The molecule has 0 spiro atoms. The number of allylic oxidation sites excluding steroid dienone is 1. The molecule has 0 saturated heterocycles. The van der Waals surface area contributed by atoms with Gasteiger partial charge in [0.05, 0.1) is 18.1 Å². The van der Waals surface area contributed by atoms with Gasteiger partial charge in [0.2, 0.25) is 0 Å². The van der Waals surface area contributed by atoms with E-state index in [-0.39, 0.29) is 5.43 Å². The molecule has 2 aromatic carbocycles. The van der Waals surface area contributed by atoms with Crippen molar-refractivity contribution < 1.29 is 18.7 Å². The van der Waals surface area contributed by atoms with Crippen molar-refractivity contribution in [2.75, 3.05) is 33.4 Å². The minimum absolute atomic E-state index is 0.0836. The second kappa shape index (κ2) is 10.7. The molecule has 6 nitrogen and oxygen atoms in total. The van der Waals surface area contributed by atoms with Crippen LogP contribution in [0.3, 0.4) is 0 Å². The van der Waals surface area contributed by atoms with Gasteiger partial charge in [0, 0.05) is 17.7 Å². The number of likely N-dealkylation sites (N-methyl/N-ethyl adjacent to an activating group) is 1. The number of carbonyl (C=O) groups is 1. The normalized spacial score (nSPS) is 14.4. The number of carbonyl (C=O) groups excluding carboxylic acids is 1. The van der Waals surface area contributed by atoms with Gasteiger partial charge in [-0.25, -0.2) is 4.79 Å². The lowest BCUT2D eigenvalue weighted by Gasteiger charge is -2.19. The Hall–Kier alpha value is -3.38. The van der Waals surface area contributed by atoms with Crippen LogP contribution in [0.2, 0.25) is 0 Å². The van der Waals surface area contributed by atoms with Gasteiger partial charge in [-0.2, -0.15) is 0 Å². The molecule has 0 radical (unpaired) electrons. The van der Waals surface area contributed by atoms with Crippen LogP contribution in [0.25, 0.3) is 22.6 Å². The predicted molar refractivity (Wildman–Crippen MR) is 134 cm³/mol. The van der Waals surface area contributed by atoms with E-state index in [1.807, 2.05) is 30.3 Å². The molecular formula is C28H31NO5. The van der Waals surface area contributed by atoms with Gasteiger partial charge >= 0.3 is 5.97 Å². The fraction of sp³-hybridized carbons (Fsp3) is 0.357. The quantitative estimate of drug-likeness (QED) is 0.431. The molecule has 1 aromatic heterocycles. The van der Waals surface area contributed by atoms with Gasteiger partial charge in [0.25, 0.3) is 0 Å². The van der Waals surface area contributed by atoms with Gasteiger partial charge in [-0.1, -0.05) is 32.0 Å². The van der Waals surface area contributed by atoms with E-state index in [1.54, 1.807) is 25.3 Å². The molecule has 0 atom stereocenters. The fourth-order valence-electron chi connectivity index (χ4n) is 4.42. The Balaban J connectivity index is 1.65.